The number of aldehydes is 3. The number of hydrogen-bond donors (Lipinski definition) is 4. The molecule has 3 saturated heterocycles. The molecule has 0 spiro atoms. The number of aliphatic hydroxyl groups is 2. The first-order chi connectivity index (χ1) is 35.5. The summed E-state index contributed by atoms with van der Waals surface area (Å²) in [5, 5.41) is 22.6. The molecule has 2 aromatic heterocycles. The van der Waals surface area contributed by atoms with Crippen molar-refractivity contribution in [2.75, 3.05) is 56.1 Å². The van der Waals surface area contributed by atoms with Crippen molar-refractivity contribution in [3.8, 4) is 16.2 Å². The van der Waals surface area contributed by atoms with Crippen LogP contribution in [0.3, 0.4) is 0 Å². The van der Waals surface area contributed by atoms with E-state index in [0.29, 0.717) is 64.5 Å². The van der Waals surface area contributed by atoms with Gasteiger partial charge in [-0.05, 0) is 123 Å². The van der Waals surface area contributed by atoms with Crippen LogP contribution in [-0.4, -0.2) is 115 Å². The Morgan fingerprint density at radius 1 is 0.986 bits per heavy atom. The van der Waals surface area contributed by atoms with Crippen molar-refractivity contribution < 1.29 is 43.3 Å². The van der Waals surface area contributed by atoms with Gasteiger partial charge in [0.15, 0.2) is 23.9 Å². The van der Waals surface area contributed by atoms with E-state index in [-0.39, 0.29) is 23.8 Å². The molecule has 6 heterocycles. The number of carbonyl (C=O) groups excluding carboxylic acids is 5. The molecule has 1 saturated carbocycles. The van der Waals surface area contributed by atoms with Gasteiger partial charge in [0.2, 0.25) is 6.41 Å². The van der Waals surface area contributed by atoms with Gasteiger partial charge >= 0.3 is 0 Å². The van der Waals surface area contributed by atoms with Gasteiger partial charge < -0.3 is 39.7 Å². The van der Waals surface area contributed by atoms with Gasteiger partial charge in [-0.25, -0.2) is 4.31 Å². The number of carbonyl (C=O) groups is 5. The van der Waals surface area contributed by atoms with Crippen molar-refractivity contribution in [3.05, 3.63) is 99.4 Å². The van der Waals surface area contributed by atoms with Gasteiger partial charge in [0.05, 0.1) is 16.6 Å². The predicted molar refractivity (Wildman–Crippen MR) is 293 cm³/mol. The molecule has 0 radical (unpaired) electrons. The van der Waals surface area contributed by atoms with Crippen molar-refractivity contribution in [1.82, 2.24) is 14.6 Å². The third-order valence-corrected chi connectivity index (χ3v) is 17.4. The molecule has 4 fully saturated rings. The average Bonchev–Trinajstić information content (AvgIpc) is 4.09. The molecule has 4 aromatic carbocycles. The van der Waals surface area contributed by atoms with Crippen molar-refractivity contribution >= 4 is 105 Å². The minimum absolute atomic E-state index is 0.0439. The Labute approximate surface area is 439 Å². The van der Waals surface area contributed by atoms with Gasteiger partial charge in [-0.3, -0.25) is 24.1 Å². The molecular formula is C55H65ClN6O9S2. The highest BCUT2D eigenvalue weighted by Crippen LogP contribution is 2.51. The SMILES string of the molecule is CCCC(C=O)N1C(=O)c2cccc3c(C4CCN(c5nc6cc(CSN7C8CCC(C(Nc9cccc(-c%10sc(C=O)c(OCC=O)c%10Cl)c9)C8)C7(C)C)ccc6o5)CC4)ccc1c23.CNC=O.CO.CO. The molecule has 388 valence electrons. The molecule has 11 rings (SSSR count). The predicted octanol–water partition coefficient (Wildman–Crippen LogP) is 9.94. The van der Waals surface area contributed by atoms with E-state index >= 15 is 0 Å². The standard InChI is InChI=1S/C51H52ClN5O6S2.C2H5NO.2CH4O/c1-4-7-35(27-59)56-42-16-14-36(37-10-6-11-38(45(37)42)49(56)61)31-18-20-55(21-19-31)50-54-41-24-30(12-17-43(41)63-50)29-64-57-34-13-15-39(51(57,2)3)40(26-34)53-33-9-5-8-32(25-33)48-46(52)47(62-23-22-58)44(28-60)65-48;1-3-2-4;2*1-2/h5-6,8-12,14,16-17,22,24-25,27-28,31,34-35,39-40,53H,4,7,13,15,18-21,23,26,29H2,1-3H3;2H,1H3,(H,3,4);2*2H,1H3. The first-order valence-electron chi connectivity index (χ1n) is 24.7. The lowest BCUT2D eigenvalue weighted by atomic mass is 9.66. The summed E-state index contributed by atoms with van der Waals surface area (Å²) in [7, 11) is 3.56. The molecular weight excluding hydrogens is 988 g/mol. The highest BCUT2D eigenvalue weighted by Gasteiger charge is 2.52. The molecule has 15 nitrogen and oxygen atoms in total. The largest absolute Gasteiger partial charge is 0.483 e. The third kappa shape index (κ3) is 11.2. The number of nitrogens with zero attached hydrogens (tertiary/aromatic N) is 4. The van der Waals surface area contributed by atoms with Crippen molar-refractivity contribution in [1.29, 1.82) is 0 Å². The second kappa shape index (κ2) is 24.9. The second-order valence-electron chi connectivity index (χ2n) is 18.7. The summed E-state index contributed by atoms with van der Waals surface area (Å²) in [6, 6.07) is 25.7. The average molecular weight is 1050 g/mol. The minimum atomic E-state index is -0.455. The van der Waals surface area contributed by atoms with Gasteiger partial charge in [0.25, 0.3) is 11.9 Å². The number of anilines is 3. The summed E-state index contributed by atoms with van der Waals surface area (Å²) in [6.45, 7) is 8.26. The summed E-state index contributed by atoms with van der Waals surface area (Å²) < 4.78 is 14.5. The van der Waals surface area contributed by atoms with Crippen LogP contribution in [0.25, 0.3) is 32.3 Å². The summed E-state index contributed by atoms with van der Waals surface area (Å²) in [6.07, 6.45) is 9.60. The fourth-order valence-corrected chi connectivity index (χ4v) is 13.9. The number of aliphatic hydroxyl groups excluding tert-OH is 2. The summed E-state index contributed by atoms with van der Waals surface area (Å²) in [5.41, 5.74) is 7.54. The van der Waals surface area contributed by atoms with Crippen LogP contribution >= 0.6 is 34.9 Å². The van der Waals surface area contributed by atoms with Crippen molar-refractivity contribution in [3.63, 3.8) is 0 Å². The van der Waals surface area contributed by atoms with Gasteiger partial charge in [-0.1, -0.05) is 73.3 Å². The number of benzene rings is 4. The first-order valence-corrected chi connectivity index (χ1v) is 26.8. The molecule has 4 unspecified atom stereocenters. The van der Waals surface area contributed by atoms with Crippen molar-refractivity contribution in [2.24, 2.45) is 5.92 Å². The Bertz CT molecular complexity index is 2900. The Balaban J connectivity index is 0.000000921. The van der Waals surface area contributed by atoms with Gasteiger partial charge in [0.1, 0.15) is 28.3 Å². The lowest BCUT2D eigenvalue weighted by Crippen LogP contribution is -2.64. The van der Waals surface area contributed by atoms with E-state index in [1.807, 2.05) is 43.1 Å². The lowest BCUT2D eigenvalue weighted by Gasteiger charge is -2.59. The van der Waals surface area contributed by atoms with Crippen LogP contribution in [0.1, 0.15) is 103 Å². The number of nitrogens with one attached hydrogen (secondary N) is 2. The van der Waals surface area contributed by atoms with E-state index in [1.165, 1.54) is 22.5 Å². The molecule has 2 amide bonds. The highest BCUT2D eigenvalue weighted by molar-refractivity contribution is 7.96. The molecule has 1 aliphatic carbocycles. The fourth-order valence-electron chi connectivity index (χ4n) is 11.1. The number of hydrogen-bond acceptors (Lipinski definition) is 15. The van der Waals surface area contributed by atoms with E-state index in [0.717, 1.165) is 128 Å². The number of oxazole rings is 1. The van der Waals surface area contributed by atoms with Crippen LogP contribution in [0, 0.1) is 5.92 Å². The van der Waals surface area contributed by atoms with Crippen LogP contribution in [0.2, 0.25) is 5.02 Å². The number of piperidine rings is 3. The smallest absolute Gasteiger partial charge is 0.298 e. The van der Waals surface area contributed by atoms with Crippen LogP contribution in [-0.2, 0) is 20.1 Å². The zero-order chi connectivity index (χ0) is 52.4. The Morgan fingerprint density at radius 2 is 1.74 bits per heavy atom. The van der Waals surface area contributed by atoms with Gasteiger partial charge in [0, 0.05) is 74.4 Å². The normalized spacial score (nSPS) is 19.2. The number of rotatable bonds is 17. The van der Waals surface area contributed by atoms with Crippen molar-refractivity contribution in [2.45, 2.75) is 101 Å². The topological polar surface area (TPSA) is 195 Å². The molecule has 73 heavy (non-hydrogen) atoms. The monoisotopic (exact) mass is 1050 g/mol. The molecule has 2 bridgehead atoms. The Morgan fingerprint density at radius 3 is 2.42 bits per heavy atom. The number of thiophene rings is 1. The molecule has 6 aromatic rings. The maximum atomic E-state index is 13.6. The maximum Gasteiger partial charge on any atom is 0.298 e. The number of aromatic nitrogens is 1. The minimum Gasteiger partial charge on any atom is -0.483 e. The second-order valence-corrected chi connectivity index (χ2v) is 21.1. The number of halogens is 1. The molecule has 18 heteroatoms. The zero-order valence-electron chi connectivity index (χ0n) is 42.1. The quantitative estimate of drug-likeness (QED) is 0.0498. The fraction of sp³-hybridized carbons (Fsp3) is 0.418. The van der Waals surface area contributed by atoms with E-state index in [1.54, 1.807) is 11.9 Å². The molecule has 4 atom stereocenters. The van der Waals surface area contributed by atoms with Crippen LogP contribution in [0.4, 0.5) is 17.4 Å². The van der Waals surface area contributed by atoms with E-state index in [9.17, 15) is 19.2 Å². The number of fused-ring (bicyclic) bond motifs is 4. The van der Waals surface area contributed by atoms with Crippen LogP contribution < -0.4 is 25.2 Å². The Kier molecular flexibility index (Phi) is 18.8. The van der Waals surface area contributed by atoms with E-state index < -0.39 is 6.04 Å². The zero-order valence-corrected chi connectivity index (χ0v) is 44.5. The van der Waals surface area contributed by atoms with Gasteiger partial charge in [-0.15, -0.1) is 11.3 Å². The lowest BCUT2D eigenvalue weighted by molar-refractivity contribution is -0.110. The number of amides is 2. The van der Waals surface area contributed by atoms with Crippen LogP contribution in [0.15, 0.2) is 77.2 Å². The van der Waals surface area contributed by atoms with E-state index in [2.05, 4.69) is 82.2 Å². The molecule has 4 N–H and O–H groups in total. The molecule has 4 aliphatic heterocycles. The third-order valence-electron chi connectivity index (χ3n) is 14.3. The van der Waals surface area contributed by atoms with E-state index in [4.69, 9.17) is 40.7 Å². The Hall–Kier alpha value is -5.82. The molecule has 5 aliphatic rings. The number of ether oxygens (including phenoxy) is 1. The van der Waals surface area contributed by atoms with Crippen LogP contribution in [0.5, 0.6) is 5.75 Å². The highest BCUT2D eigenvalue weighted by atomic mass is 35.5. The maximum absolute atomic E-state index is 13.6. The first kappa shape index (κ1) is 54.9. The summed E-state index contributed by atoms with van der Waals surface area (Å²) >= 11 is 9.87. The van der Waals surface area contributed by atoms with Gasteiger partial charge in [-0.2, -0.15) is 4.98 Å². The summed E-state index contributed by atoms with van der Waals surface area (Å²) in [4.78, 5) is 67.5. The summed E-state index contributed by atoms with van der Waals surface area (Å²) in [5.74, 6) is 1.78.